The van der Waals surface area contributed by atoms with Crippen LogP contribution in [-0.2, 0) is 22.7 Å². The molecule has 168 valence electrons. The monoisotopic (exact) mass is 442 g/mol. The predicted molar refractivity (Wildman–Crippen MR) is 121 cm³/mol. The molecular formula is C26H26N4O3. The zero-order valence-electron chi connectivity index (χ0n) is 18.4. The molecule has 7 nitrogen and oxygen atoms in total. The van der Waals surface area contributed by atoms with Crippen LogP contribution in [0.25, 0.3) is 0 Å². The second kappa shape index (κ2) is 8.80. The van der Waals surface area contributed by atoms with E-state index in [9.17, 15) is 14.4 Å². The maximum absolute atomic E-state index is 12.9. The SMILES string of the molecule is N#Cc1ccc(CN2CCC(c3ccc4c(c3)CN(C3CCC(=O)NC3=O)C4=O)CC2)cc1. The number of imide groups is 1. The summed E-state index contributed by atoms with van der Waals surface area (Å²) >= 11 is 0. The Kier molecular flexibility index (Phi) is 5.69. The summed E-state index contributed by atoms with van der Waals surface area (Å²) in [6.07, 6.45) is 2.76. The van der Waals surface area contributed by atoms with Crippen LogP contribution < -0.4 is 5.32 Å². The first kappa shape index (κ1) is 21.4. The molecule has 0 aliphatic carbocycles. The van der Waals surface area contributed by atoms with E-state index in [1.165, 1.54) is 11.1 Å². The first-order valence-electron chi connectivity index (χ1n) is 11.5. The van der Waals surface area contributed by atoms with E-state index in [0.717, 1.165) is 38.0 Å². The fourth-order valence-electron chi connectivity index (χ4n) is 5.22. The molecule has 0 aromatic heterocycles. The number of nitriles is 1. The quantitative estimate of drug-likeness (QED) is 0.735. The van der Waals surface area contributed by atoms with Gasteiger partial charge in [-0.25, -0.2) is 0 Å². The first-order valence-corrected chi connectivity index (χ1v) is 11.5. The molecule has 3 heterocycles. The number of carbonyl (C=O) groups excluding carboxylic acids is 3. The number of nitrogens with one attached hydrogen (secondary N) is 1. The van der Waals surface area contributed by atoms with Gasteiger partial charge in [-0.15, -0.1) is 0 Å². The van der Waals surface area contributed by atoms with E-state index in [4.69, 9.17) is 5.26 Å². The second-order valence-corrected chi connectivity index (χ2v) is 9.18. The Morgan fingerprint density at radius 1 is 1.00 bits per heavy atom. The highest BCUT2D eigenvalue weighted by atomic mass is 16.2. The molecule has 3 aliphatic heterocycles. The van der Waals surface area contributed by atoms with Crippen LogP contribution in [0, 0.1) is 11.3 Å². The van der Waals surface area contributed by atoms with Gasteiger partial charge in [0.1, 0.15) is 6.04 Å². The van der Waals surface area contributed by atoms with Crippen LogP contribution >= 0.6 is 0 Å². The highest BCUT2D eigenvalue weighted by Crippen LogP contribution is 2.33. The van der Waals surface area contributed by atoms with Gasteiger partial charge in [0.15, 0.2) is 0 Å². The van der Waals surface area contributed by atoms with Gasteiger partial charge in [-0.05, 0) is 73.2 Å². The lowest BCUT2D eigenvalue weighted by Gasteiger charge is -2.32. The summed E-state index contributed by atoms with van der Waals surface area (Å²) < 4.78 is 0. The van der Waals surface area contributed by atoms with Gasteiger partial charge >= 0.3 is 0 Å². The van der Waals surface area contributed by atoms with E-state index in [2.05, 4.69) is 28.4 Å². The third-order valence-corrected chi connectivity index (χ3v) is 7.10. The number of piperidine rings is 2. The normalized spacial score (nSPS) is 21.6. The maximum atomic E-state index is 12.9. The molecular weight excluding hydrogens is 416 g/mol. The Morgan fingerprint density at radius 2 is 1.76 bits per heavy atom. The summed E-state index contributed by atoms with van der Waals surface area (Å²) in [6, 6.07) is 15.5. The van der Waals surface area contributed by atoms with Gasteiger partial charge in [0.25, 0.3) is 5.91 Å². The molecule has 0 saturated carbocycles. The largest absolute Gasteiger partial charge is 0.322 e. The number of benzene rings is 2. The molecule has 7 heteroatoms. The van der Waals surface area contributed by atoms with E-state index in [1.54, 1.807) is 4.90 Å². The van der Waals surface area contributed by atoms with Crippen LogP contribution in [-0.4, -0.2) is 46.7 Å². The number of hydrogen-bond acceptors (Lipinski definition) is 5. The van der Waals surface area contributed by atoms with E-state index in [0.29, 0.717) is 30.0 Å². The van der Waals surface area contributed by atoms with Crippen molar-refractivity contribution in [2.24, 2.45) is 0 Å². The van der Waals surface area contributed by atoms with E-state index >= 15 is 0 Å². The average molecular weight is 443 g/mol. The van der Waals surface area contributed by atoms with E-state index in [-0.39, 0.29) is 24.1 Å². The minimum absolute atomic E-state index is 0.122. The Balaban J connectivity index is 1.21. The van der Waals surface area contributed by atoms with Crippen LogP contribution in [0.4, 0.5) is 0 Å². The zero-order valence-corrected chi connectivity index (χ0v) is 18.4. The van der Waals surface area contributed by atoms with Crippen LogP contribution in [0.2, 0.25) is 0 Å². The summed E-state index contributed by atoms with van der Waals surface area (Å²) in [4.78, 5) is 40.7. The summed E-state index contributed by atoms with van der Waals surface area (Å²) in [5, 5.41) is 11.3. The predicted octanol–water partition coefficient (Wildman–Crippen LogP) is 2.70. The Bertz CT molecular complexity index is 1140. The Morgan fingerprint density at radius 3 is 2.45 bits per heavy atom. The standard InChI is InChI=1S/C26H26N4O3/c27-14-17-1-3-18(4-2-17)15-29-11-9-19(10-12-29)20-5-6-22-21(13-20)16-30(26(22)33)23-7-8-24(31)28-25(23)32/h1-6,13,19,23H,7-12,15-16H2,(H,28,31,32). The van der Waals surface area contributed by atoms with E-state index in [1.807, 2.05) is 30.3 Å². The van der Waals surface area contributed by atoms with Crippen molar-refractivity contribution < 1.29 is 14.4 Å². The van der Waals surface area contributed by atoms with Crippen molar-refractivity contribution in [1.29, 1.82) is 5.26 Å². The summed E-state index contributed by atoms with van der Waals surface area (Å²) in [5.41, 5.74) is 4.80. The van der Waals surface area contributed by atoms with Gasteiger partial charge in [-0.1, -0.05) is 24.3 Å². The second-order valence-electron chi connectivity index (χ2n) is 9.18. The van der Waals surface area contributed by atoms with Crippen molar-refractivity contribution in [3.8, 4) is 6.07 Å². The van der Waals surface area contributed by atoms with Crippen molar-refractivity contribution in [3.63, 3.8) is 0 Å². The van der Waals surface area contributed by atoms with Crippen molar-refractivity contribution in [2.75, 3.05) is 13.1 Å². The van der Waals surface area contributed by atoms with Crippen LogP contribution in [0.3, 0.4) is 0 Å². The molecule has 1 unspecified atom stereocenters. The lowest BCUT2D eigenvalue weighted by molar-refractivity contribution is -0.136. The lowest BCUT2D eigenvalue weighted by Crippen LogP contribution is -2.52. The molecule has 1 atom stereocenters. The highest BCUT2D eigenvalue weighted by molar-refractivity contribution is 6.05. The number of hydrogen-bond donors (Lipinski definition) is 1. The van der Waals surface area contributed by atoms with Crippen LogP contribution in [0.1, 0.15) is 64.2 Å². The molecule has 0 bridgehead atoms. The van der Waals surface area contributed by atoms with Gasteiger partial charge < -0.3 is 4.90 Å². The van der Waals surface area contributed by atoms with Crippen molar-refractivity contribution >= 4 is 17.7 Å². The van der Waals surface area contributed by atoms with Crippen LogP contribution in [0.15, 0.2) is 42.5 Å². The van der Waals surface area contributed by atoms with E-state index < -0.39 is 6.04 Å². The minimum Gasteiger partial charge on any atom is -0.322 e. The topological polar surface area (TPSA) is 93.5 Å². The highest BCUT2D eigenvalue weighted by Gasteiger charge is 2.39. The fraction of sp³-hybridized carbons (Fsp3) is 0.385. The molecule has 0 spiro atoms. The number of rotatable bonds is 4. The van der Waals surface area contributed by atoms with Crippen molar-refractivity contribution in [1.82, 2.24) is 15.1 Å². The molecule has 0 radical (unpaired) electrons. The molecule has 2 aromatic carbocycles. The maximum Gasteiger partial charge on any atom is 0.255 e. The number of likely N-dealkylation sites (tertiary alicyclic amines) is 1. The number of fused-ring (bicyclic) bond motifs is 1. The lowest BCUT2D eigenvalue weighted by atomic mass is 9.87. The third kappa shape index (κ3) is 4.27. The molecule has 1 N–H and O–H groups in total. The smallest absolute Gasteiger partial charge is 0.255 e. The van der Waals surface area contributed by atoms with Crippen LogP contribution in [0.5, 0.6) is 0 Å². The number of nitrogens with zero attached hydrogens (tertiary/aromatic N) is 3. The van der Waals surface area contributed by atoms with Crippen molar-refractivity contribution in [3.05, 3.63) is 70.3 Å². The molecule has 2 fully saturated rings. The zero-order chi connectivity index (χ0) is 22.9. The third-order valence-electron chi connectivity index (χ3n) is 7.10. The summed E-state index contributed by atoms with van der Waals surface area (Å²) in [5.74, 6) is -0.314. The molecule has 5 rings (SSSR count). The number of carbonyl (C=O) groups is 3. The first-order chi connectivity index (χ1) is 16.0. The summed E-state index contributed by atoms with van der Waals surface area (Å²) in [7, 11) is 0. The summed E-state index contributed by atoms with van der Waals surface area (Å²) in [6.45, 7) is 3.32. The number of amides is 3. The molecule has 3 amide bonds. The molecule has 33 heavy (non-hydrogen) atoms. The Hall–Kier alpha value is -3.50. The van der Waals surface area contributed by atoms with Crippen molar-refractivity contribution in [2.45, 2.75) is 50.7 Å². The van der Waals surface area contributed by atoms with Gasteiger partial charge in [0, 0.05) is 25.1 Å². The molecule has 3 aliphatic rings. The molecule has 2 aromatic rings. The minimum atomic E-state index is -0.573. The van der Waals surface area contributed by atoms with Gasteiger partial charge in [-0.3, -0.25) is 24.6 Å². The average Bonchev–Trinajstić information content (AvgIpc) is 3.15. The Labute approximate surface area is 193 Å². The van der Waals surface area contributed by atoms with Gasteiger partial charge in [-0.2, -0.15) is 5.26 Å². The fourth-order valence-corrected chi connectivity index (χ4v) is 5.22. The van der Waals surface area contributed by atoms with Gasteiger partial charge in [0.05, 0.1) is 11.6 Å². The van der Waals surface area contributed by atoms with Gasteiger partial charge in [0.2, 0.25) is 11.8 Å². The molecule has 2 saturated heterocycles.